The van der Waals surface area contributed by atoms with E-state index in [0.717, 1.165) is 25.6 Å². The Morgan fingerprint density at radius 2 is 2.00 bits per heavy atom. The van der Waals surface area contributed by atoms with Crippen LogP contribution in [0.2, 0.25) is 0 Å². The zero-order valence-electron chi connectivity index (χ0n) is 9.66. The van der Waals surface area contributed by atoms with E-state index in [9.17, 15) is 0 Å². The molecule has 3 nitrogen and oxygen atoms in total. The first kappa shape index (κ1) is 11.4. The Morgan fingerprint density at radius 3 is 2.73 bits per heavy atom. The van der Waals surface area contributed by atoms with Gasteiger partial charge in [0.25, 0.3) is 0 Å². The third kappa shape index (κ3) is 3.44. The summed E-state index contributed by atoms with van der Waals surface area (Å²) in [5.41, 5.74) is 5.65. The summed E-state index contributed by atoms with van der Waals surface area (Å²) in [6.45, 7) is 4.97. The van der Waals surface area contributed by atoms with Gasteiger partial charge in [0.05, 0.1) is 12.7 Å². The van der Waals surface area contributed by atoms with Crippen molar-refractivity contribution in [3.05, 3.63) is 0 Å². The Morgan fingerprint density at radius 1 is 1.20 bits per heavy atom. The molecule has 1 heterocycles. The summed E-state index contributed by atoms with van der Waals surface area (Å²) in [5.74, 6) is 0.940. The van der Waals surface area contributed by atoms with Crippen LogP contribution in [0, 0.1) is 5.92 Å². The van der Waals surface area contributed by atoms with E-state index in [0.29, 0.717) is 6.54 Å². The van der Waals surface area contributed by atoms with Crippen molar-refractivity contribution in [1.82, 2.24) is 4.90 Å². The third-order valence-corrected chi connectivity index (χ3v) is 3.73. The molecule has 88 valence electrons. The molecule has 3 heteroatoms. The SMILES string of the molecule is NCC1CN(CC2CCCCC2)CCO1. The van der Waals surface area contributed by atoms with Crippen LogP contribution in [0.1, 0.15) is 32.1 Å². The standard InChI is InChI=1S/C12H24N2O/c13-8-12-10-14(6-7-15-12)9-11-4-2-1-3-5-11/h11-12H,1-10,13H2. The number of rotatable bonds is 3. The Balaban J connectivity index is 1.72. The highest BCUT2D eigenvalue weighted by molar-refractivity contribution is 4.76. The Labute approximate surface area is 93.0 Å². The van der Waals surface area contributed by atoms with Crippen LogP contribution < -0.4 is 5.73 Å². The highest BCUT2D eigenvalue weighted by atomic mass is 16.5. The molecule has 1 aliphatic heterocycles. The van der Waals surface area contributed by atoms with Crippen LogP contribution in [-0.2, 0) is 4.74 Å². The number of nitrogens with zero attached hydrogens (tertiary/aromatic N) is 1. The lowest BCUT2D eigenvalue weighted by Gasteiger charge is -2.35. The molecule has 0 radical (unpaired) electrons. The van der Waals surface area contributed by atoms with Crippen LogP contribution in [0.15, 0.2) is 0 Å². The lowest BCUT2D eigenvalue weighted by atomic mass is 9.89. The molecule has 1 aliphatic carbocycles. The summed E-state index contributed by atoms with van der Waals surface area (Å²) in [5, 5.41) is 0. The molecule has 1 atom stereocenters. The quantitative estimate of drug-likeness (QED) is 0.764. The largest absolute Gasteiger partial charge is 0.374 e. The van der Waals surface area contributed by atoms with Crippen LogP contribution in [0.25, 0.3) is 0 Å². The zero-order chi connectivity index (χ0) is 10.5. The molecule has 1 saturated carbocycles. The molecule has 2 fully saturated rings. The maximum Gasteiger partial charge on any atom is 0.0824 e. The number of nitrogens with two attached hydrogens (primary N) is 1. The van der Waals surface area contributed by atoms with Crippen molar-refractivity contribution in [1.29, 1.82) is 0 Å². The van der Waals surface area contributed by atoms with Crippen molar-refractivity contribution in [2.24, 2.45) is 11.7 Å². The Bertz CT molecular complexity index is 180. The second kappa shape index (κ2) is 5.83. The van der Waals surface area contributed by atoms with Crippen LogP contribution in [0.3, 0.4) is 0 Å². The van der Waals surface area contributed by atoms with Crippen LogP contribution in [-0.4, -0.2) is 43.8 Å². The van der Waals surface area contributed by atoms with Gasteiger partial charge in [0, 0.05) is 26.2 Å². The molecule has 0 aromatic heterocycles. The van der Waals surface area contributed by atoms with Crippen LogP contribution >= 0.6 is 0 Å². The molecule has 0 aromatic rings. The number of ether oxygens (including phenoxy) is 1. The molecule has 2 aliphatic rings. The van der Waals surface area contributed by atoms with E-state index in [1.54, 1.807) is 0 Å². The van der Waals surface area contributed by atoms with E-state index in [1.165, 1.54) is 38.6 Å². The fourth-order valence-corrected chi connectivity index (χ4v) is 2.82. The van der Waals surface area contributed by atoms with Gasteiger partial charge >= 0.3 is 0 Å². The Hall–Kier alpha value is -0.120. The maximum absolute atomic E-state index is 5.65. The Kier molecular flexibility index (Phi) is 4.42. The van der Waals surface area contributed by atoms with E-state index in [4.69, 9.17) is 10.5 Å². The number of hydrogen-bond donors (Lipinski definition) is 1. The first-order valence-corrected chi connectivity index (χ1v) is 6.42. The van der Waals surface area contributed by atoms with E-state index in [1.807, 2.05) is 0 Å². The summed E-state index contributed by atoms with van der Waals surface area (Å²) >= 11 is 0. The summed E-state index contributed by atoms with van der Waals surface area (Å²) in [7, 11) is 0. The lowest BCUT2D eigenvalue weighted by molar-refractivity contribution is -0.0292. The minimum atomic E-state index is 0.280. The average Bonchev–Trinajstić information content (AvgIpc) is 2.31. The van der Waals surface area contributed by atoms with E-state index in [-0.39, 0.29) is 6.10 Å². The van der Waals surface area contributed by atoms with Crippen molar-refractivity contribution in [3.8, 4) is 0 Å². The summed E-state index contributed by atoms with van der Waals surface area (Å²) in [4.78, 5) is 2.55. The zero-order valence-corrected chi connectivity index (χ0v) is 9.66. The minimum absolute atomic E-state index is 0.280. The predicted molar refractivity (Wildman–Crippen MR) is 61.8 cm³/mol. The first-order chi connectivity index (χ1) is 7.38. The highest BCUT2D eigenvalue weighted by Gasteiger charge is 2.22. The van der Waals surface area contributed by atoms with E-state index < -0.39 is 0 Å². The van der Waals surface area contributed by atoms with Gasteiger partial charge in [0.1, 0.15) is 0 Å². The van der Waals surface area contributed by atoms with Crippen molar-refractivity contribution in [2.75, 3.05) is 32.8 Å². The molecule has 1 unspecified atom stereocenters. The molecular weight excluding hydrogens is 188 g/mol. The summed E-state index contributed by atoms with van der Waals surface area (Å²) in [6, 6.07) is 0. The maximum atomic E-state index is 5.65. The van der Waals surface area contributed by atoms with Gasteiger partial charge in [-0.2, -0.15) is 0 Å². The molecule has 15 heavy (non-hydrogen) atoms. The van der Waals surface area contributed by atoms with Crippen molar-refractivity contribution in [3.63, 3.8) is 0 Å². The molecule has 0 spiro atoms. The first-order valence-electron chi connectivity index (χ1n) is 6.42. The van der Waals surface area contributed by atoms with Gasteiger partial charge in [0.15, 0.2) is 0 Å². The highest BCUT2D eigenvalue weighted by Crippen LogP contribution is 2.24. The van der Waals surface area contributed by atoms with Gasteiger partial charge in [-0.1, -0.05) is 19.3 Å². The van der Waals surface area contributed by atoms with E-state index in [2.05, 4.69) is 4.90 Å². The van der Waals surface area contributed by atoms with Gasteiger partial charge in [-0.3, -0.25) is 4.90 Å². The molecule has 1 saturated heterocycles. The van der Waals surface area contributed by atoms with Crippen molar-refractivity contribution >= 4 is 0 Å². The molecular formula is C12H24N2O. The fourth-order valence-electron chi connectivity index (χ4n) is 2.82. The molecule has 0 bridgehead atoms. The monoisotopic (exact) mass is 212 g/mol. The lowest BCUT2D eigenvalue weighted by Crippen LogP contribution is -2.47. The predicted octanol–water partition coefficient (Wildman–Crippen LogP) is 1.23. The van der Waals surface area contributed by atoms with Gasteiger partial charge in [-0.15, -0.1) is 0 Å². The number of morpholine rings is 1. The van der Waals surface area contributed by atoms with Gasteiger partial charge in [0.2, 0.25) is 0 Å². The second-order valence-corrected chi connectivity index (χ2v) is 4.99. The molecule has 2 N–H and O–H groups in total. The number of hydrogen-bond acceptors (Lipinski definition) is 3. The third-order valence-electron chi connectivity index (χ3n) is 3.73. The molecule has 0 amide bonds. The van der Waals surface area contributed by atoms with E-state index >= 15 is 0 Å². The van der Waals surface area contributed by atoms with Gasteiger partial charge in [-0.05, 0) is 18.8 Å². The summed E-state index contributed by atoms with van der Waals surface area (Å²) in [6.07, 6.45) is 7.48. The average molecular weight is 212 g/mol. The van der Waals surface area contributed by atoms with Gasteiger partial charge in [-0.25, -0.2) is 0 Å². The second-order valence-electron chi connectivity index (χ2n) is 4.99. The summed E-state index contributed by atoms with van der Waals surface area (Å²) < 4.78 is 5.58. The molecule has 0 aromatic carbocycles. The normalized spacial score (nSPS) is 30.6. The topological polar surface area (TPSA) is 38.5 Å². The van der Waals surface area contributed by atoms with Crippen LogP contribution in [0.4, 0.5) is 0 Å². The molecule has 2 rings (SSSR count). The minimum Gasteiger partial charge on any atom is -0.374 e. The van der Waals surface area contributed by atoms with Gasteiger partial charge < -0.3 is 10.5 Å². The fraction of sp³-hybridized carbons (Fsp3) is 1.00. The smallest absolute Gasteiger partial charge is 0.0824 e. The van der Waals surface area contributed by atoms with Crippen molar-refractivity contribution < 1.29 is 4.74 Å². The van der Waals surface area contributed by atoms with Crippen LogP contribution in [0.5, 0.6) is 0 Å². The van der Waals surface area contributed by atoms with Crippen molar-refractivity contribution in [2.45, 2.75) is 38.2 Å².